The van der Waals surface area contributed by atoms with Gasteiger partial charge in [0.2, 0.25) is 5.91 Å². The van der Waals surface area contributed by atoms with E-state index in [2.05, 4.69) is 12.2 Å². The summed E-state index contributed by atoms with van der Waals surface area (Å²) in [6.45, 7) is 4.41. The lowest BCUT2D eigenvalue weighted by molar-refractivity contribution is -0.140. The van der Waals surface area contributed by atoms with E-state index in [0.717, 1.165) is 57.3 Å². The number of hydrogen-bond donors (Lipinski definition) is 1. The lowest BCUT2D eigenvalue weighted by Crippen LogP contribution is -2.56. The fourth-order valence-electron chi connectivity index (χ4n) is 4.22. The van der Waals surface area contributed by atoms with Crippen LogP contribution >= 0.6 is 0 Å². The molecule has 1 aliphatic carbocycles. The maximum absolute atomic E-state index is 13.5. The third-order valence-corrected chi connectivity index (χ3v) is 6.74. The minimum atomic E-state index is -3.22. The van der Waals surface area contributed by atoms with Gasteiger partial charge in [-0.25, -0.2) is 8.42 Å². The minimum absolute atomic E-state index is 0.215. The van der Waals surface area contributed by atoms with Crippen LogP contribution in [0.5, 0.6) is 0 Å². The van der Waals surface area contributed by atoms with Crippen molar-refractivity contribution < 1.29 is 13.2 Å². The fraction of sp³-hybridized carbons (Fsp3) is 0.632. The molecule has 0 aromatic heterocycles. The number of benzene rings is 1. The zero-order valence-corrected chi connectivity index (χ0v) is 15.9. The van der Waals surface area contributed by atoms with E-state index in [4.69, 9.17) is 0 Å². The van der Waals surface area contributed by atoms with Crippen LogP contribution in [-0.2, 0) is 20.0 Å². The van der Waals surface area contributed by atoms with Crippen molar-refractivity contribution in [1.82, 2.24) is 10.2 Å². The molecular weight excluding hydrogens is 336 g/mol. The summed E-state index contributed by atoms with van der Waals surface area (Å²) in [4.78, 5) is 15.8. The number of nitrogens with one attached hydrogen (secondary N) is 1. The molecule has 0 radical (unpaired) electrons. The Bertz CT molecular complexity index is 722. The third kappa shape index (κ3) is 3.75. The van der Waals surface area contributed by atoms with E-state index in [9.17, 15) is 13.2 Å². The first kappa shape index (κ1) is 18.4. The lowest BCUT2D eigenvalue weighted by Gasteiger charge is -2.42. The molecule has 2 fully saturated rings. The molecule has 0 unspecified atom stereocenters. The second kappa shape index (κ2) is 7.08. The van der Waals surface area contributed by atoms with Crippen molar-refractivity contribution in [2.24, 2.45) is 0 Å². The van der Waals surface area contributed by atoms with Gasteiger partial charge in [0.15, 0.2) is 9.84 Å². The predicted molar refractivity (Wildman–Crippen MR) is 98.4 cm³/mol. The van der Waals surface area contributed by atoms with E-state index in [-0.39, 0.29) is 5.91 Å². The molecule has 1 aromatic carbocycles. The summed E-state index contributed by atoms with van der Waals surface area (Å²) in [5.74, 6) is 0.215. The number of carbonyl (C=O) groups excluding carboxylic acids is 1. The molecule has 0 spiro atoms. The van der Waals surface area contributed by atoms with Gasteiger partial charge < -0.3 is 10.2 Å². The van der Waals surface area contributed by atoms with Gasteiger partial charge in [-0.3, -0.25) is 4.79 Å². The monoisotopic (exact) mass is 364 g/mol. The summed E-state index contributed by atoms with van der Waals surface area (Å²) in [5, 5.41) is 3.39. The number of hydrogen-bond acceptors (Lipinski definition) is 4. The Morgan fingerprint density at radius 3 is 2.36 bits per heavy atom. The number of nitrogens with zero attached hydrogens (tertiary/aromatic N) is 1. The molecule has 6 heteroatoms. The summed E-state index contributed by atoms with van der Waals surface area (Å²) >= 11 is 0. The number of piperazine rings is 1. The molecule has 1 aliphatic heterocycles. The molecule has 1 aromatic rings. The highest BCUT2D eigenvalue weighted by atomic mass is 32.2. The van der Waals surface area contributed by atoms with Crippen LogP contribution in [0.4, 0.5) is 0 Å². The van der Waals surface area contributed by atoms with Crippen molar-refractivity contribution in [3.63, 3.8) is 0 Å². The average Bonchev–Trinajstić information content (AvgIpc) is 2.61. The van der Waals surface area contributed by atoms with Gasteiger partial charge in [-0.1, -0.05) is 31.4 Å². The van der Waals surface area contributed by atoms with Crippen LogP contribution in [0.2, 0.25) is 0 Å². The van der Waals surface area contributed by atoms with Crippen LogP contribution < -0.4 is 5.32 Å². The quantitative estimate of drug-likeness (QED) is 0.892. The van der Waals surface area contributed by atoms with E-state index in [1.54, 1.807) is 12.1 Å². The Morgan fingerprint density at radius 2 is 1.80 bits per heavy atom. The van der Waals surface area contributed by atoms with Gasteiger partial charge in [0.05, 0.1) is 10.3 Å². The van der Waals surface area contributed by atoms with Crippen molar-refractivity contribution in [2.45, 2.75) is 55.4 Å². The van der Waals surface area contributed by atoms with Crippen LogP contribution in [0, 0.1) is 0 Å². The smallest absolute Gasteiger partial charge is 0.233 e. The van der Waals surface area contributed by atoms with Crippen molar-refractivity contribution in [2.75, 3.05) is 25.9 Å². The summed E-state index contributed by atoms with van der Waals surface area (Å²) in [7, 11) is -3.22. The first-order valence-electron chi connectivity index (χ1n) is 9.16. The second-order valence-corrected chi connectivity index (χ2v) is 9.56. The topological polar surface area (TPSA) is 66.5 Å². The Balaban J connectivity index is 1.94. The van der Waals surface area contributed by atoms with Crippen molar-refractivity contribution in [3.8, 4) is 0 Å². The maximum Gasteiger partial charge on any atom is 0.233 e. The van der Waals surface area contributed by atoms with Gasteiger partial charge in [-0.05, 0) is 37.5 Å². The first-order valence-corrected chi connectivity index (χ1v) is 11.1. The number of amides is 1. The van der Waals surface area contributed by atoms with Crippen LogP contribution in [-0.4, -0.2) is 51.2 Å². The van der Waals surface area contributed by atoms with Gasteiger partial charge in [-0.15, -0.1) is 0 Å². The molecule has 1 N–H and O–H groups in total. The van der Waals surface area contributed by atoms with Crippen LogP contribution in [0.25, 0.3) is 0 Å². The van der Waals surface area contributed by atoms with Gasteiger partial charge in [0, 0.05) is 31.9 Å². The number of sulfone groups is 1. The molecule has 1 atom stereocenters. The highest BCUT2D eigenvalue weighted by Gasteiger charge is 2.44. The fourth-order valence-corrected chi connectivity index (χ4v) is 4.85. The van der Waals surface area contributed by atoms with Gasteiger partial charge in [0.1, 0.15) is 0 Å². The van der Waals surface area contributed by atoms with Crippen LogP contribution in [0.15, 0.2) is 29.2 Å². The summed E-state index contributed by atoms with van der Waals surface area (Å²) in [6.07, 6.45) is 6.16. The van der Waals surface area contributed by atoms with Gasteiger partial charge in [0.25, 0.3) is 0 Å². The normalized spacial score (nSPS) is 24.1. The summed E-state index contributed by atoms with van der Waals surface area (Å²) in [6, 6.07) is 7.31. The number of rotatable bonds is 3. The van der Waals surface area contributed by atoms with Crippen LogP contribution in [0.1, 0.15) is 44.6 Å². The molecule has 1 amide bonds. The molecule has 138 valence electrons. The predicted octanol–water partition coefficient (Wildman–Crippen LogP) is 2.11. The first-order chi connectivity index (χ1) is 11.8. The van der Waals surface area contributed by atoms with E-state index in [1.807, 2.05) is 17.0 Å². The van der Waals surface area contributed by atoms with E-state index < -0.39 is 15.3 Å². The lowest BCUT2D eigenvalue weighted by atomic mass is 9.68. The number of carbonyl (C=O) groups is 1. The molecule has 1 heterocycles. The summed E-state index contributed by atoms with van der Waals surface area (Å²) < 4.78 is 23.5. The van der Waals surface area contributed by atoms with Crippen molar-refractivity contribution >= 4 is 15.7 Å². The zero-order valence-electron chi connectivity index (χ0n) is 15.1. The summed E-state index contributed by atoms with van der Waals surface area (Å²) in [5.41, 5.74) is 0.474. The molecule has 2 aliphatic rings. The Kier molecular flexibility index (Phi) is 5.21. The highest BCUT2D eigenvalue weighted by Crippen LogP contribution is 2.41. The maximum atomic E-state index is 13.5. The molecule has 5 nitrogen and oxygen atoms in total. The van der Waals surface area contributed by atoms with E-state index in [0.29, 0.717) is 10.9 Å². The van der Waals surface area contributed by atoms with E-state index in [1.165, 1.54) is 6.26 Å². The Hall–Kier alpha value is -1.40. The van der Waals surface area contributed by atoms with Gasteiger partial charge >= 0.3 is 0 Å². The minimum Gasteiger partial charge on any atom is -0.339 e. The SMILES string of the molecule is C[C@@H]1CN(C(=O)C2(c3ccc(S(C)(=O)=O)cc3)CCCCC2)CCN1. The molecule has 0 bridgehead atoms. The largest absolute Gasteiger partial charge is 0.339 e. The zero-order chi connectivity index (χ0) is 18.1. The molecule has 1 saturated heterocycles. The second-order valence-electron chi connectivity index (χ2n) is 7.55. The molecule has 3 rings (SSSR count). The van der Waals surface area contributed by atoms with Crippen molar-refractivity contribution in [3.05, 3.63) is 29.8 Å². The van der Waals surface area contributed by atoms with Crippen molar-refractivity contribution in [1.29, 1.82) is 0 Å². The standard InChI is InChI=1S/C19H28N2O3S/c1-15-14-21(13-12-20-15)18(22)19(10-4-3-5-11-19)16-6-8-17(9-7-16)25(2,23)24/h6-9,15,20H,3-5,10-14H2,1-2H3/t15-/m1/s1. The highest BCUT2D eigenvalue weighted by molar-refractivity contribution is 7.90. The molecule has 1 saturated carbocycles. The Labute approximate surface area is 150 Å². The van der Waals surface area contributed by atoms with Crippen LogP contribution in [0.3, 0.4) is 0 Å². The molecular formula is C19H28N2O3S. The van der Waals surface area contributed by atoms with E-state index >= 15 is 0 Å². The van der Waals surface area contributed by atoms with Gasteiger partial charge in [-0.2, -0.15) is 0 Å². The Morgan fingerprint density at radius 1 is 1.16 bits per heavy atom. The molecule has 25 heavy (non-hydrogen) atoms. The average molecular weight is 365 g/mol. The third-order valence-electron chi connectivity index (χ3n) is 5.61.